The van der Waals surface area contributed by atoms with Gasteiger partial charge in [-0.15, -0.1) is 0 Å². The number of fused-ring (bicyclic) bond motifs is 1. The van der Waals surface area contributed by atoms with Crippen LogP contribution in [0, 0.1) is 5.92 Å². The zero-order valence-corrected chi connectivity index (χ0v) is 10.1. The summed E-state index contributed by atoms with van der Waals surface area (Å²) in [5.74, 6) is 1.54. The first kappa shape index (κ1) is 11.1. The quantitative estimate of drug-likeness (QED) is 0.803. The number of hydrogen-bond donors (Lipinski definition) is 1. The summed E-state index contributed by atoms with van der Waals surface area (Å²) in [4.78, 5) is 0. The molecule has 1 aromatic carbocycles. The van der Waals surface area contributed by atoms with Crippen LogP contribution in [-0.2, 0) is 0 Å². The Bertz CT molecular complexity index is 382. The molecule has 2 heteroatoms. The number of benzene rings is 1. The highest BCUT2D eigenvalue weighted by molar-refractivity contribution is 5.37. The van der Waals surface area contributed by atoms with Gasteiger partial charge in [-0.3, -0.25) is 0 Å². The van der Waals surface area contributed by atoms with Crippen molar-refractivity contribution in [3.63, 3.8) is 0 Å². The van der Waals surface area contributed by atoms with Crippen molar-refractivity contribution in [1.29, 1.82) is 0 Å². The topological polar surface area (TPSA) is 29.5 Å². The van der Waals surface area contributed by atoms with Crippen LogP contribution in [-0.4, -0.2) is 11.2 Å². The lowest BCUT2D eigenvalue weighted by molar-refractivity contribution is 0.0234. The van der Waals surface area contributed by atoms with Crippen LogP contribution in [0.1, 0.15) is 50.2 Å². The molecule has 17 heavy (non-hydrogen) atoms. The summed E-state index contributed by atoms with van der Waals surface area (Å²) in [5.41, 5.74) is 0.958. The van der Waals surface area contributed by atoms with E-state index in [2.05, 4.69) is 0 Å². The van der Waals surface area contributed by atoms with Gasteiger partial charge in [0.05, 0.1) is 6.10 Å². The zero-order valence-electron chi connectivity index (χ0n) is 10.1. The van der Waals surface area contributed by atoms with E-state index in [0.29, 0.717) is 5.92 Å². The Labute approximate surface area is 103 Å². The van der Waals surface area contributed by atoms with Gasteiger partial charge < -0.3 is 9.84 Å². The molecule has 1 aromatic rings. The Morgan fingerprint density at radius 1 is 1.06 bits per heavy atom. The fraction of sp³-hybridized carbons (Fsp3) is 0.600. The summed E-state index contributed by atoms with van der Waals surface area (Å²) in [6.07, 6.45) is 7.18. The second-order valence-corrected chi connectivity index (χ2v) is 5.34. The normalized spacial score (nSPS) is 29.5. The average Bonchev–Trinajstić information content (AvgIpc) is 2.40. The van der Waals surface area contributed by atoms with Crippen LogP contribution in [0.25, 0.3) is 0 Å². The highest BCUT2D eigenvalue weighted by Gasteiger charge is 2.32. The Balaban J connectivity index is 1.78. The fourth-order valence-corrected chi connectivity index (χ4v) is 3.22. The van der Waals surface area contributed by atoms with Crippen molar-refractivity contribution >= 4 is 0 Å². The zero-order chi connectivity index (χ0) is 11.7. The third-order valence-electron chi connectivity index (χ3n) is 4.19. The second-order valence-electron chi connectivity index (χ2n) is 5.34. The Kier molecular flexibility index (Phi) is 3.06. The molecule has 1 fully saturated rings. The van der Waals surface area contributed by atoms with Crippen LogP contribution in [0.15, 0.2) is 24.3 Å². The number of para-hydroxylation sites is 1. The SMILES string of the molecule is OC1CC(C2CCCCC2)Oc2ccccc21. The standard InChI is InChI=1S/C15H20O2/c16-13-10-15(11-6-2-1-3-7-11)17-14-9-5-4-8-12(13)14/h4-5,8-9,11,13,15-16H,1-3,6-7,10H2. The first-order valence-corrected chi connectivity index (χ1v) is 6.78. The smallest absolute Gasteiger partial charge is 0.125 e. The lowest BCUT2D eigenvalue weighted by atomic mass is 9.81. The first-order valence-electron chi connectivity index (χ1n) is 6.78. The molecule has 2 unspecified atom stereocenters. The molecule has 0 radical (unpaired) electrons. The molecule has 2 nitrogen and oxygen atoms in total. The molecule has 1 heterocycles. The van der Waals surface area contributed by atoms with Gasteiger partial charge in [-0.2, -0.15) is 0 Å². The van der Waals surface area contributed by atoms with E-state index < -0.39 is 0 Å². The number of ether oxygens (including phenoxy) is 1. The summed E-state index contributed by atoms with van der Waals surface area (Å²) >= 11 is 0. The van der Waals surface area contributed by atoms with Crippen molar-refractivity contribution in [3.05, 3.63) is 29.8 Å². The van der Waals surface area contributed by atoms with E-state index in [1.165, 1.54) is 32.1 Å². The molecule has 0 saturated heterocycles. The van der Waals surface area contributed by atoms with Crippen molar-refractivity contribution in [3.8, 4) is 5.75 Å². The van der Waals surface area contributed by atoms with Crippen molar-refractivity contribution in [2.45, 2.75) is 50.7 Å². The molecule has 2 aliphatic rings. The molecule has 92 valence electrons. The lowest BCUT2D eigenvalue weighted by Crippen LogP contribution is -2.33. The predicted octanol–water partition coefficient (Wildman–Crippen LogP) is 3.45. The maximum Gasteiger partial charge on any atom is 0.125 e. The van der Waals surface area contributed by atoms with Crippen LogP contribution in [0.5, 0.6) is 5.75 Å². The van der Waals surface area contributed by atoms with Gasteiger partial charge in [0.15, 0.2) is 0 Å². The van der Waals surface area contributed by atoms with E-state index >= 15 is 0 Å². The average molecular weight is 232 g/mol. The minimum Gasteiger partial charge on any atom is -0.490 e. The monoisotopic (exact) mass is 232 g/mol. The van der Waals surface area contributed by atoms with Gasteiger partial charge in [0.2, 0.25) is 0 Å². The first-order chi connectivity index (χ1) is 8.34. The third-order valence-corrected chi connectivity index (χ3v) is 4.19. The number of aliphatic hydroxyl groups is 1. The van der Waals surface area contributed by atoms with Gasteiger partial charge in [-0.05, 0) is 24.8 Å². The van der Waals surface area contributed by atoms with E-state index in [0.717, 1.165) is 17.7 Å². The van der Waals surface area contributed by atoms with E-state index in [9.17, 15) is 5.11 Å². The molecular formula is C15H20O2. The van der Waals surface area contributed by atoms with Crippen molar-refractivity contribution in [2.75, 3.05) is 0 Å². The van der Waals surface area contributed by atoms with E-state index in [1.807, 2.05) is 24.3 Å². The molecule has 1 N–H and O–H groups in total. The molecule has 1 aliphatic carbocycles. The van der Waals surface area contributed by atoms with E-state index in [4.69, 9.17) is 4.74 Å². The maximum atomic E-state index is 10.2. The van der Waals surface area contributed by atoms with Crippen molar-refractivity contribution in [1.82, 2.24) is 0 Å². The van der Waals surface area contributed by atoms with Crippen LogP contribution in [0.2, 0.25) is 0 Å². The molecule has 0 spiro atoms. The van der Waals surface area contributed by atoms with Gasteiger partial charge in [0.25, 0.3) is 0 Å². The Hall–Kier alpha value is -1.02. The molecule has 0 bridgehead atoms. The molecule has 0 amide bonds. The van der Waals surface area contributed by atoms with E-state index in [-0.39, 0.29) is 12.2 Å². The Morgan fingerprint density at radius 2 is 1.82 bits per heavy atom. The number of rotatable bonds is 1. The molecule has 0 aromatic heterocycles. The molecule has 1 aliphatic heterocycles. The van der Waals surface area contributed by atoms with Crippen LogP contribution >= 0.6 is 0 Å². The number of aliphatic hydroxyl groups excluding tert-OH is 1. The highest BCUT2D eigenvalue weighted by atomic mass is 16.5. The van der Waals surface area contributed by atoms with Gasteiger partial charge >= 0.3 is 0 Å². The van der Waals surface area contributed by atoms with E-state index in [1.54, 1.807) is 0 Å². The maximum absolute atomic E-state index is 10.2. The second kappa shape index (κ2) is 4.69. The van der Waals surface area contributed by atoms with Crippen molar-refractivity contribution in [2.24, 2.45) is 5.92 Å². The van der Waals surface area contributed by atoms with Gasteiger partial charge in [-0.1, -0.05) is 37.5 Å². The fourth-order valence-electron chi connectivity index (χ4n) is 3.22. The molecule has 1 saturated carbocycles. The third kappa shape index (κ3) is 2.19. The minimum atomic E-state index is -0.341. The summed E-state index contributed by atoms with van der Waals surface area (Å²) in [6, 6.07) is 7.89. The van der Waals surface area contributed by atoms with Gasteiger partial charge in [-0.25, -0.2) is 0 Å². The highest BCUT2D eigenvalue weighted by Crippen LogP contribution is 2.39. The van der Waals surface area contributed by atoms with Crippen LogP contribution < -0.4 is 4.74 Å². The molecule has 3 rings (SSSR count). The van der Waals surface area contributed by atoms with Crippen molar-refractivity contribution < 1.29 is 9.84 Å². The van der Waals surface area contributed by atoms with Crippen LogP contribution in [0.4, 0.5) is 0 Å². The predicted molar refractivity (Wildman–Crippen MR) is 67.0 cm³/mol. The summed E-state index contributed by atoms with van der Waals surface area (Å²) < 4.78 is 6.08. The van der Waals surface area contributed by atoms with Crippen LogP contribution in [0.3, 0.4) is 0 Å². The summed E-state index contributed by atoms with van der Waals surface area (Å²) in [6.45, 7) is 0. The van der Waals surface area contributed by atoms with Gasteiger partial charge in [0, 0.05) is 12.0 Å². The molecular weight excluding hydrogens is 212 g/mol. The largest absolute Gasteiger partial charge is 0.490 e. The summed E-state index contributed by atoms with van der Waals surface area (Å²) in [7, 11) is 0. The van der Waals surface area contributed by atoms with Gasteiger partial charge in [0.1, 0.15) is 11.9 Å². The lowest BCUT2D eigenvalue weighted by Gasteiger charge is -2.36. The molecule has 2 atom stereocenters. The minimum absolute atomic E-state index is 0.222. The Morgan fingerprint density at radius 3 is 2.65 bits per heavy atom. The summed E-state index contributed by atoms with van der Waals surface area (Å²) in [5, 5.41) is 10.2. The number of hydrogen-bond acceptors (Lipinski definition) is 2.